The Balaban J connectivity index is 1.88. The van der Waals surface area contributed by atoms with Crippen LogP contribution in [0.3, 0.4) is 0 Å². The molecule has 0 bridgehead atoms. The lowest BCUT2D eigenvalue weighted by molar-refractivity contribution is -0.131. The molecule has 1 saturated carbocycles. The number of carbonyl (C=O) groups is 1. The summed E-state index contributed by atoms with van der Waals surface area (Å²) in [5.74, 6) is 1.86. The molecule has 0 N–H and O–H groups in total. The Morgan fingerprint density at radius 3 is 2.47 bits per heavy atom. The smallest absolute Gasteiger partial charge is 0.223 e. The van der Waals surface area contributed by atoms with Gasteiger partial charge in [-0.2, -0.15) is 12.6 Å². The molecule has 1 aliphatic carbocycles. The van der Waals surface area contributed by atoms with E-state index in [2.05, 4.69) is 12.6 Å². The fourth-order valence-electron chi connectivity index (χ4n) is 2.12. The summed E-state index contributed by atoms with van der Waals surface area (Å²) in [5, 5.41) is 0. The summed E-state index contributed by atoms with van der Waals surface area (Å²) >= 11 is 4.34. The maximum Gasteiger partial charge on any atom is 0.223 e. The van der Waals surface area contributed by atoms with Crippen LogP contribution in [0.15, 0.2) is 24.3 Å². The van der Waals surface area contributed by atoms with E-state index in [0.717, 1.165) is 29.9 Å². The number of carbonyl (C=O) groups excluding carboxylic acids is 1. The number of hydrogen-bond donors (Lipinski definition) is 1. The molecule has 1 aromatic carbocycles. The van der Waals surface area contributed by atoms with Crippen molar-refractivity contribution in [3.63, 3.8) is 0 Å². The number of rotatable bonds is 6. The Morgan fingerprint density at radius 2 is 2.00 bits per heavy atom. The minimum atomic E-state index is 0.189. The SMILES string of the molecule is COc1ccc(CN(C)C(=O)CC2(CS)CC2)cc1. The van der Waals surface area contributed by atoms with Gasteiger partial charge in [-0.1, -0.05) is 12.1 Å². The number of thiol groups is 1. The van der Waals surface area contributed by atoms with Gasteiger partial charge in [0.25, 0.3) is 0 Å². The lowest BCUT2D eigenvalue weighted by Gasteiger charge is -2.20. The average molecular weight is 279 g/mol. The molecule has 0 atom stereocenters. The van der Waals surface area contributed by atoms with E-state index >= 15 is 0 Å². The number of amides is 1. The molecule has 1 amide bonds. The van der Waals surface area contributed by atoms with Crippen molar-refractivity contribution >= 4 is 18.5 Å². The van der Waals surface area contributed by atoms with Crippen LogP contribution in [-0.2, 0) is 11.3 Å². The molecule has 0 unspecified atom stereocenters. The van der Waals surface area contributed by atoms with Gasteiger partial charge in [0.2, 0.25) is 5.91 Å². The zero-order valence-corrected chi connectivity index (χ0v) is 12.5. The highest BCUT2D eigenvalue weighted by atomic mass is 32.1. The van der Waals surface area contributed by atoms with Crippen molar-refractivity contribution in [1.82, 2.24) is 4.90 Å². The molecule has 2 rings (SSSR count). The first kappa shape index (κ1) is 14.3. The van der Waals surface area contributed by atoms with Crippen molar-refractivity contribution in [2.75, 3.05) is 19.9 Å². The van der Waals surface area contributed by atoms with Gasteiger partial charge in [0.05, 0.1) is 7.11 Å². The second kappa shape index (κ2) is 5.87. The van der Waals surface area contributed by atoms with E-state index in [4.69, 9.17) is 4.74 Å². The van der Waals surface area contributed by atoms with Crippen LogP contribution in [0.4, 0.5) is 0 Å². The molecular formula is C15H21NO2S. The molecule has 1 fully saturated rings. The predicted molar refractivity (Wildman–Crippen MR) is 79.6 cm³/mol. The summed E-state index contributed by atoms with van der Waals surface area (Å²) in [6.07, 6.45) is 2.90. The first-order chi connectivity index (χ1) is 9.08. The third kappa shape index (κ3) is 3.66. The predicted octanol–water partition coefficient (Wildman–Crippen LogP) is 2.75. The first-order valence-electron chi connectivity index (χ1n) is 6.56. The minimum absolute atomic E-state index is 0.189. The maximum atomic E-state index is 12.2. The fourth-order valence-corrected chi connectivity index (χ4v) is 2.54. The largest absolute Gasteiger partial charge is 0.497 e. The number of nitrogens with zero attached hydrogens (tertiary/aromatic N) is 1. The minimum Gasteiger partial charge on any atom is -0.497 e. The van der Waals surface area contributed by atoms with Gasteiger partial charge in [0, 0.05) is 20.0 Å². The molecule has 3 nitrogen and oxygen atoms in total. The Bertz CT molecular complexity index is 440. The van der Waals surface area contributed by atoms with Crippen LogP contribution in [0.5, 0.6) is 5.75 Å². The van der Waals surface area contributed by atoms with Gasteiger partial charge >= 0.3 is 0 Å². The van der Waals surface area contributed by atoms with Gasteiger partial charge in [0.15, 0.2) is 0 Å². The number of benzene rings is 1. The summed E-state index contributed by atoms with van der Waals surface area (Å²) in [7, 11) is 3.51. The lowest BCUT2D eigenvalue weighted by Crippen LogP contribution is -2.28. The second-order valence-electron chi connectivity index (χ2n) is 5.43. The lowest BCUT2D eigenvalue weighted by atomic mass is 10.0. The first-order valence-corrected chi connectivity index (χ1v) is 7.19. The van der Waals surface area contributed by atoms with E-state index in [1.165, 1.54) is 0 Å². The highest BCUT2D eigenvalue weighted by molar-refractivity contribution is 7.80. The van der Waals surface area contributed by atoms with Crippen LogP contribution in [0, 0.1) is 5.41 Å². The van der Waals surface area contributed by atoms with E-state index in [0.29, 0.717) is 13.0 Å². The van der Waals surface area contributed by atoms with E-state index in [9.17, 15) is 4.79 Å². The topological polar surface area (TPSA) is 29.5 Å². The molecule has 0 radical (unpaired) electrons. The molecule has 1 aliphatic rings. The standard InChI is InChI=1S/C15H21NO2S/c1-16(14(17)9-15(11-19)7-8-15)10-12-3-5-13(18-2)6-4-12/h3-6,19H,7-11H2,1-2H3. The van der Waals surface area contributed by atoms with E-state index in [1.54, 1.807) is 12.0 Å². The molecule has 0 spiro atoms. The van der Waals surface area contributed by atoms with Gasteiger partial charge in [-0.15, -0.1) is 0 Å². The molecule has 0 heterocycles. The molecule has 0 aromatic heterocycles. The van der Waals surface area contributed by atoms with Crippen LogP contribution >= 0.6 is 12.6 Å². The van der Waals surface area contributed by atoms with Crippen molar-refractivity contribution in [1.29, 1.82) is 0 Å². The van der Waals surface area contributed by atoms with Gasteiger partial charge < -0.3 is 9.64 Å². The summed E-state index contributed by atoms with van der Waals surface area (Å²) in [5.41, 5.74) is 1.31. The highest BCUT2D eigenvalue weighted by Gasteiger charge is 2.43. The van der Waals surface area contributed by atoms with Crippen LogP contribution < -0.4 is 4.74 Å². The van der Waals surface area contributed by atoms with Gasteiger partial charge in [-0.3, -0.25) is 4.79 Å². The van der Waals surface area contributed by atoms with Crippen molar-refractivity contribution in [2.24, 2.45) is 5.41 Å². The van der Waals surface area contributed by atoms with Crippen molar-refractivity contribution in [2.45, 2.75) is 25.8 Å². The number of ether oxygens (including phenoxy) is 1. The monoisotopic (exact) mass is 279 g/mol. The Kier molecular flexibility index (Phi) is 4.40. The Labute approximate surface area is 120 Å². The molecule has 4 heteroatoms. The normalized spacial score (nSPS) is 15.9. The van der Waals surface area contributed by atoms with Crippen molar-refractivity contribution in [3.05, 3.63) is 29.8 Å². The van der Waals surface area contributed by atoms with Crippen molar-refractivity contribution in [3.8, 4) is 5.75 Å². The maximum absolute atomic E-state index is 12.2. The average Bonchev–Trinajstić information content (AvgIpc) is 3.20. The number of methoxy groups -OCH3 is 1. The molecule has 1 aromatic rings. The van der Waals surface area contributed by atoms with Crippen LogP contribution in [-0.4, -0.2) is 30.7 Å². The Morgan fingerprint density at radius 1 is 1.37 bits per heavy atom. The van der Waals surface area contributed by atoms with E-state index in [1.807, 2.05) is 31.3 Å². The third-order valence-corrected chi connectivity index (χ3v) is 4.49. The summed E-state index contributed by atoms with van der Waals surface area (Å²) in [4.78, 5) is 13.9. The molecule has 104 valence electrons. The van der Waals surface area contributed by atoms with Crippen LogP contribution in [0.2, 0.25) is 0 Å². The summed E-state index contributed by atoms with van der Waals surface area (Å²) in [6, 6.07) is 7.83. The van der Waals surface area contributed by atoms with Crippen LogP contribution in [0.25, 0.3) is 0 Å². The van der Waals surface area contributed by atoms with E-state index < -0.39 is 0 Å². The fraction of sp³-hybridized carbons (Fsp3) is 0.533. The zero-order chi connectivity index (χ0) is 13.9. The molecule has 0 aliphatic heterocycles. The summed E-state index contributed by atoms with van der Waals surface area (Å²) < 4.78 is 5.12. The van der Waals surface area contributed by atoms with Crippen molar-refractivity contribution < 1.29 is 9.53 Å². The quantitative estimate of drug-likeness (QED) is 0.811. The van der Waals surface area contributed by atoms with E-state index in [-0.39, 0.29) is 11.3 Å². The molecular weight excluding hydrogens is 258 g/mol. The van der Waals surface area contributed by atoms with Gasteiger partial charge in [0.1, 0.15) is 5.75 Å². The second-order valence-corrected chi connectivity index (χ2v) is 5.75. The van der Waals surface area contributed by atoms with Crippen LogP contribution in [0.1, 0.15) is 24.8 Å². The third-order valence-electron chi connectivity index (χ3n) is 3.82. The number of hydrogen-bond acceptors (Lipinski definition) is 3. The zero-order valence-electron chi connectivity index (χ0n) is 11.6. The Hall–Kier alpha value is -1.16. The van der Waals surface area contributed by atoms with Gasteiger partial charge in [-0.05, 0) is 41.7 Å². The summed E-state index contributed by atoms with van der Waals surface area (Å²) in [6.45, 7) is 0.644. The molecule has 19 heavy (non-hydrogen) atoms. The molecule has 0 saturated heterocycles. The van der Waals surface area contributed by atoms with Gasteiger partial charge in [-0.25, -0.2) is 0 Å². The highest BCUT2D eigenvalue weighted by Crippen LogP contribution is 2.49.